The summed E-state index contributed by atoms with van der Waals surface area (Å²) in [5.41, 5.74) is 1.01. The predicted octanol–water partition coefficient (Wildman–Crippen LogP) is 8.07. The summed E-state index contributed by atoms with van der Waals surface area (Å²) in [6, 6.07) is 7.83. The smallest absolute Gasteiger partial charge is 0.137 e. The fourth-order valence-corrected chi connectivity index (χ4v) is 3.84. The number of para-hydroxylation sites is 1. The minimum Gasteiger partial charge on any atom is -0.496 e. The fourth-order valence-electron chi connectivity index (χ4n) is 3.84. The first-order valence-electron chi connectivity index (χ1n) is 11.9. The van der Waals surface area contributed by atoms with Crippen LogP contribution in [0.25, 0.3) is 0 Å². The van der Waals surface area contributed by atoms with E-state index in [0.717, 1.165) is 17.7 Å². The lowest BCUT2D eigenvalue weighted by atomic mass is 10.0. The lowest BCUT2D eigenvalue weighted by Crippen LogP contribution is -2.04. The highest BCUT2D eigenvalue weighted by molar-refractivity contribution is 5.81. The Kier molecular flexibility index (Phi) is 15.7. The fraction of sp³-hybridized carbons (Fsp3) is 0.731. The molecule has 0 spiro atoms. The summed E-state index contributed by atoms with van der Waals surface area (Å²) >= 11 is 0. The normalized spacial score (nSPS) is 10.9. The lowest BCUT2D eigenvalue weighted by Gasteiger charge is -2.07. The first-order valence-corrected chi connectivity index (χ1v) is 11.9. The van der Waals surface area contributed by atoms with Crippen molar-refractivity contribution in [1.29, 1.82) is 0 Å². The molecule has 0 amide bonds. The molecule has 0 fully saturated rings. The molecule has 2 nitrogen and oxygen atoms in total. The van der Waals surface area contributed by atoms with E-state index >= 15 is 0 Å². The molecule has 0 saturated carbocycles. The average Bonchev–Trinajstić information content (AvgIpc) is 2.71. The second-order valence-corrected chi connectivity index (χ2v) is 8.23. The van der Waals surface area contributed by atoms with Crippen molar-refractivity contribution in [2.24, 2.45) is 0 Å². The molecule has 0 radical (unpaired) electrons. The molecule has 0 atom stereocenters. The molecule has 1 aromatic carbocycles. The van der Waals surface area contributed by atoms with Gasteiger partial charge in [0.15, 0.2) is 0 Å². The Bertz CT molecular complexity index is 495. The third kappa shape index (κ3) is 13.0. The maximum Gasteiger partial charge on any atom is 0.137 e. The molecule has 28 heavy (non-hydrogen) atoms. The number of rotatable bonds is 19. The van der Waals surface area contributed by atoms with Gasteiger partial charge in [0.05, 0.1) is 7.11 Å². The van der Waals surface area contributed by atoms with Gasteiger partial charge < -0.3 is 4.74 Å². The summed E-state index contributed by atoms with van der Waals surface area (Å²) in [7, 11) is 1.66. The average molecular weight is 389 g/mol. The SMILES string of the molecule is CCCCCCCCCCCCCCCCCC(=O)Cc1ccccc1OC. The molecule has 0 aromatic heterocycles. The Hall–Kier alpha value is -1.31. The molecule has 0 aliphatic carbocycles. The van der Waals surface area contributed by atoms with Crippen molar-refractivity contribution in [3.8, 4) is 5.75 Å². The molecule has 0 aliphatic rings. The molecule has 160 valence electrons. The van der Waals surface area contributed by atoms with Gasteiger partial charge in [-0.15, -0.1) is 0 Å². The maximum absolute atomic E-state index is 12.2. The highest BCUT2D eigenvalue weighted by Gasteiger charge is 2.07. The van der Waals surface area contributed by atoms with Crippen molar-refractivity contribution in [3.05, 3.63) is 29.8 Å². The minimum atomic E-state index is 0.333. The van der Waals surface area contributed by atoms with E-state index in [1.54, 1.807) is 7.11 Å². The van der Waals surface area contributed by atoms with Crippen LogP contribution in [0.5, 0.6) is 5.75 Å². The molecule has 0 aliphatic heterocycles. The molecule has 0 N–H and O–H groups in total. The Morgan fingerprint density at radius 3 is 1.68 bits per heavy atom. The Balaban J connectivity index is 1.87. The number of unbranched alkanes of at least 4 members (excludes halogenated alkanes) is 14. The summed E-state index contributed by atoms with van der Waals surface area (Å²) in [6.45, 7) is 2.28. The zero-order valence-electron chi connectivity index (χ0n) is 18.6. The number of benzene rings is 1. The maximum atomic E-state index is 12.2. The molecular weight excluding hydrogens is 344 g/mol. The van der Waals surface area contributed by atoms with Crippen LogP contribution >= 0.6 is 0 Å². The number of hydrogen-bond acceptors (Lipinski definition) is 2. The molecule has 0 unspecified atom stereocenters. The minimum absolute atomic E-state index is 0.333. The van der Waals surface area contributed by atoms with Gasteiger partial charge >= 0.3 is 0 Å². The largest absolute Gasteiger partial charge is 0.496 e. The van der Waals surface area contributed by atoms with E-state index in [1.165, 1.54) is 89.9 Å². The predicted molar refractivity (Wildman–Crippen MR) is 121 cm³/mol. The highest BCUT2D eigenvalue weighted by atomic mass is 16.5. The number of carbonyl (C=O) groups excluding carboxylic acids is 1. The van der Waals surface area contributed by atoms with Gasteiger partial charge in [-0.2, -0.15) is 0 Å². The second kappa shape index (κ2) is 17.8. The van der Waals surface area contributed by atoms with Crippen LogP contribution in [0, 0.1) is 0 Å². The van der Waals surface area contributed by atoms with Gasteiger partial charge in [-0.05, 0) is 12.5 Å². The number of ketones is 1. The first kappa shape index (κ1) is 24.7. The van der Waals surface area contributed by atoms with Crippen molar-refractivity contribution < 1.29 is 9.53 Å². The molecule has 1 rings (SSSR count). The molecule has 2 heteroatoms. The van der Waals surface area contributed by atoms with Crippen molar-refractivity contribution in [2.75, 3.05) is 7.11 Å². The standard InChI is InChI=1S/C26H44O2/c1-3-4-5-6-7-8-9-10-11-12-13-14-15-16-17-21-25(27)23-24-20-18-19-22-26(24)28-2/h18-20,22H,3-17,21,23H2,1-2H3. The quantitative estimate of drug-likeness (QED) is 0.224. The first-order chi connectivity index (χ1) is 13.8. The van der Waals surface area contributed by atoms with Crippen LogP contribution in [0.3, 0.4) is 0 Å². The van der Waals surface area contributed by atoms with Gasteiger partial charge in [-0.3, -0.25) is 4.79 Å². The molecule has 0 bridgehead atoms. The van der Waals surface area contributed by atoms with E-state index in [1.807, 2.05) is 24.3 Å². The summed E-state index contributed by atoms with van der Waals surface area (Å²) in [6.07, 6.45) is 21.6. The molecular formula is C26H44O2. The van der Waals surface area contributed by atoms with Crippen LogP contribution in [0.4, 0.5) is 0 Å². The Morgan fingerprint density at radius 1 is 0.714 bits per heavy atom. The van der Waals surface area contributed by atoms with Crippen molar-refractivity contribution in [1.82, 2.24) is 0 Å². The third-order valence-corrected chi connectivity index (χ3v) is 5.64. The second-order valence-electron chi connectivity index (χ2n) is 8.23. The van der Waals surface area contributed by atoms with E-state index in [-0.39, 0.29) is 0 Å². The molecule has 0 saturated heterocycles. The van der Waals surface area contributed by atoms with Gasteiger partial charge in [0.1, 0.15) is 11.5 Å². The zero-order valence-corrected chi connectivity index (χ0v) is 18.6. The monoisotopic (exact) mass is 388 g/mol. The topological polar surface area (TPSA) is 26.3 Å². The van der Waals surface area contributed by atoms with Gasteiger partial charge in [0, 0.05) is 18.4 Å². The highest BCUT2D eigenvalue weighted by Crippen LogP contribution is 2.19. The van der Waals surface area contributed by atoms with Gasteiger partial charge in [-0.25, -0.2) is 0 Å². The summed E-state index contributed by atoms with van der Waals surface area (Å²) < 4.78 is 5.33. The Labute approximate surface area is 174 Å². The van der Waals surface area contributed by atoms with Crippen molar-refractivity contribution in [2.45, 2.75) is 116 Å². The summed E-state index contributed by atoms with van der Waals surface area (Å²) in [4.78, 5) is 12.2. The zero-order chi connectivity index (χ0) is 20.3. The number of methoxy groups -OCH3 is 1. The van der Waals surface area contributed by atoms with E-state index in [4.69, 9.17) is 4.74 Å². The van der Waals surface area contributed by atoms with Crippen LogP contribution in [0.1, 0.15) is 115 Å². The van der Waals surface area contributed by atoms with Crippen molar-refractivity contribution in [3.63, 3.8) is 0 Å². The third-order valence-electron chi connectivity index (χ3n) is 5.64. The van der Waals surface area contributed by atoms with Crippen LogP contribution in [0.2, 0.25) is 0 Å². The van der Waals surface area contributed by atoms with E-state index in [0.29, 0.717) is 18.6 Å². The van der Waals surface area contributed by atoms with Crippen LogP contribution in [-0.2, 0) is 11.2 Å². The summed E-state index contributed by atoms with van der Waals surface area (Å²) in [5.74, 6) is 1.16. The van der Waals surface area contributed by atoms with Crippen LogP contribution in [0.15, 0.2) is 24.3 Å². The van der Waals surface area contributed by atoms with Crippen LogP contribution < -0.4 is 4.74 Å². The van der Waals surface area contributed by atoms with Gasteiger partial charge in [-0.1, -0.05) is 115 Å². The molecule has 0 heterocycles. The van der Waals surface area contributed by atoms with E-state index in [9.17, 15) is 4.79 Å². The van der Waals surface area contributed by atoms with E-state index in [2.05, 4.69) is 6.92 Å². The Morgan fingerprint density at radius 2 is 1.18 bits per heavy atom. The lowest BCUT2D eigenvalue weighted by molar-refractivity contribution is -0.118. The van der Waals surface area contributed by atoms with Crippen LogP contribution in [-0.4, -0.2) is 12.9 Å². The van der Waals surface area contributed by atoms with Crippen molar-refractivity contribution >= 4 is 5.78 Å². The van der Waals surface area contributed by atoms with E-state index < -0.39 is 0 Å². The van der Waals surface area contributed by atoms with Gasteiger partial charge in [0.2, 0.25) is 0 Å². The number of ether oxygens (including phenoxy) is 1. The number of Topliss-reactive ketones (excluding diaryl/α,β-unsaturated/α-hetero) is 1. The molecule has 1 aromatic rings. The number of carbonyl (C=O) groups is 1. The number of hydrogen-bond donors (Lipinski definition) is 0. The summed E-state index contributed by atoms with van der Waals surface area (Å²) in [5, 5.41) is 0. The van der Waals surface area contributed by atoms with Gasteiger partial charge in [0.25, 0.3) is 0 Å².